The van der Waals surface area contributed by atoms with Crippen molar-refractivity contribution in [2.24, 2.45) is 11.8 Å². The highest BCUT2D eigenvalue weighted by atomic mass is 16.4. The summed E-state index contributed by atoms with van der Waals surface area (Å²) in [5.74, 6) is -1.10. The molecule has 1 aromatic carbocycles. The lowest BCUT2D eigenvalue weighted by atomic mass is 9.91. The Balaban J connectivity index is 2.21. The van der Waals surface area contributed by atoms with Gasteiger partial charge in [-0.3, -0.25) is 4.79 Å². The van der Waals surface area contributed by atoms with E-state index in [1.807, 2.05) is 6.92 Å². The van der Waals surface area contributed by atoms with Crippen LogP contribution >= 0.6 is 0 Å². The molecule has 0 aliphatic carbocycles. The van der Waals surface area contributed by atoms with Gasteiger partial charge < -0.3 is 15.3 Å². The van der Waals surface area contributed by atoms with E-state index in [-0.39, 0.29) is 18.5 Å². The molecule has 0 radical (unpaired) electrons. The molecule has 1 aromatic rings. The van der Waals surface area contributed by atoms with Crippen molar-refractivity contribution in [2.45, 2.75) is 47.0 Å². The van der Waals surface area contributed by atoms with Crippen LogP contribution in [0.2, 0.25) is 0 Å². The number of benzene rings is 1. The van der Waals surface area contributed by atoms with E-state index < -0.39 is 11.9 Å². The molecule has 2 amide bonds. The van der Waals surface area contributed by atoms with Gasteiger partial charge in [-0.2, -0.15) is 0 Å². The number of carboxylic acid groups (broad SMARTS) is 1. The first-order valence-corrected chi connectivity index (χ1v) is 8.76. The van der Waals surface area contributed by atoms with Gasteiger partial charge in [0.25, 0.3) is 0 Å². The van der Waals surface area contributed by atoms with Gasteiger partial charge in [0.2, 0.25) is 0 Å². The van der Waals surface area contributed by atoms with Crippen LogP contribution in [-0.2, 0) is 17.6 Å². The first-order chi connectivity index (χ1) is 11.3. The largest absolute Gasteiger partial charge is 0.481 e. The number of aliphatic carboxylic acids is 1. The summed E-state index contributed by atoms with van der Waals surface area (Å²) in [5.41, 5.74) is 4.33. The number of nitrogens with zero attached hydrogens (tertiary/aromatic N) is 1. The second kappa shape index (κ2) is 7.69. The second-order valence-electron chi connectivity index (χ2n) is 6.88. The SMILES string of the molecule is CCc1cc(C)cc(CC)c1NC(=O)N1CC(C)CC(C(=O)O)C1. The molecular formula is C19H28N2O3. The molecule has 0 bridgehead atoms. The molecule has 0 aromatic heterocycles. The molecule has 5 nitrogen and oxygen atoms in total. The molecule has 24 heavy (non-hydrogen) atoms. The van der Waals surface area contributed by atoms with Crippen LogP contribution in [0.15, 0.2) is 12.1 Å². The fourth-order valence-electron chi connectivity index (χ4n) is 3.54. The van der Waals surface area contributed by atoms with Gasteiger partial charge in [0.1, 0.15) is 0 Å². The summed E-state index contributed by atoms with van der Waals surface area (Å²) in [4.78, 5) is 25.7. The van der Waals surface area contributed by atoms with Crippen molar-refractivity contribution in [1.29, 1.82) is 0 Å². The highest BCUT2D eigenvalue weighted by Gasteiger charge is 2.32. The van der Waals surface area contributed by atoms with Gasteiger partial charge in [-0.15, -0.1) is 0 Å². The number of aryl methyl sites for hydroxylation is 3. The number of rotatable bonds is 4. The van der Waals surface area contributed by atoms with Gasteiger partial charge >= 0.3 is 12.0 Å². The van der Waals surface area contributed by atoms with Gasteiger partial charge in [0, 0.05) is 18.8 Å². The molecule has 2 N–H and O–H groups in total. The topological polar surface area (TPSA) is 69.6 Å². The first kappa shape index (κ1) is 18.3. The standard InChI is InChI=1S/C19H28N2O3/c1-5-14-7-12(3)8-15(6-2)17(14)20-19(24)21-10-13(4)9-16(11-21)18(22)23/h7-8,13,16H,5-6,9-11H2,1-4H3,(H,20,24)(H,22,23). The third-order valence-electron chi connectivity index (χ3n) is 4.74. The summed E-state index contributed by atoms with van der Waals surface area (Å²) >= 11 is 0. The van der Waals surface area contributed by atoms with Gasteiger partial charge in [0.15, 0.2) is 0 Å². The molecule has 0 spiro atoms. The fourth-order valence-corrected chi connectivity index (χ4v) is 3.54. The Hall–Kier alpha value is -2.04. The second-order valence-corrected chi connectivity index (χ2v) is 6.88. The number of hydrogen-bond acceptors (Lipinski definition) is 2. The van der Waals surface area contributed by atoms with Gasteiger partial charge in [-0.05, 0) is 43.2 Å². The van der Waals surface area contributed by atoms with Crippen molar-refractivity contribution >= 4 is 17.7 Å². The third kappa shape index (κ3) is 4.08. The number of carbonyl (C=O) groups is 2. The zero-order chi connectivity index (χ0) is 17.9. The highest BCUT2D eigenvalue weighted by Crippen LogP contribution is 2.27. The van der Waals surface area contributed by atoms with E-state index in [1.54, 1.807) is 4.90 Å². The molecule has 2 unspecified atom stereocenters. The van der Waals surface area contributed by atoms with Crippen LogP contribution in [0.25, 0.3) is 0 Å². The van der Waals surface area contributed by atoms with Gasteiger partial charge in [-0.1, -0.05) is 38.5 Å². The minimum Gasteiger partial charge on any atom is -0.481 e. The summed E-state index contributed by atoms with van der Waals surface area (Å²) in [5, 5.41) is 12.3. The average Bonchev–Trinajstić information content (AvgIpc) is 2.55. The molecule has 0 saturated carbocycles. The first-order valence-electron chi connectivity index (χ1n) is 8.76. The van der Waals surface area contributed by atoms with Crippen LogP contribution in [-0.4, -0.2) is 35.1 Å². The van der Waals surface area contributed by atoms with Crippen LogP contribution in [0.5, 0.6) is 0 Å². The van der Waals surface area contributed by atoms with Crippen molar-refractivity contribution < 1.29 is 14.7 Å². The van der Waals surface area contributed by atoms with E-state index in [0.717, 1.165) is 29.7 Å². The Morgan fingerprint density at radius 2 is 1.79 bits per heavy atom. The molecule has 1 saturated heterocycles. The normalized spacial score (nSPS) is 20.8. The molecule has 2 rings (SSSR count). The molecule has 5 heteroatoms. The number of nitrogens with one attached hydrogen (secondary N) is 1. The van der Waals surface area contributed by atoms with E-state index in [2.05, 4.69) is 38.2 Å². The summed E-state index contributed by atoms with van der Waals surface area (Å²) in [6.07, 6.45) is 2.32. The van der Waals surface area contributed by atoms with Crippen LogP contribution in [0.4, 0.5) is 10.5 Å². The van der Waals surface area contributed by atoms with Crippen LogP contribution in [0.1, 0.15) is 43.9 Å². The Labute approximate surface area is 144 Å². The van der Waals surface area contributed by atoms with E-state index in [9.17, 15) is 14.7 Å². The van der Waals surface area contributed by atoms with E-state index in [1.165, 1.54) is 5.56 Å². The van der Waals surface area contributed by atoms with E-state index in [4.69, 9.17) is 0 Å². The van der Waals surface area contributed by atoms with Crippen molar-refractivity contribution in [1.82, 2.24) is 4.90 Å². The lowest BCUT2D eigenvalue weighted by Gasteiger charge is -2.35. The maximum Gasteiger partial charge on any atom is 0.321 e. The Morgan fingerprint density at radius 1 is 1.21 bits per heavy atom. The number of likely N-dealkylation sites (tertiary alicyclic amines) is 1. The lowest BCUT2D eigenvalue weighted by Crippen LogP contribution is -2.47. The Morgan fingerprint density at radius 3 is 2.29 bits per heavy atom. The van der Waals surface area contributed by atoms with Crippen molar-refractivity contribution in [3.8, 4) is 0 Å². The molecule has 1 aliphatic heterocycles. The van der Waals surface area contributed by atoms with Crippen molar-refractivity contribution in [3.05, 3.63) is 28.8 Å². The predicted octanol–water partition coefficient (Wildman–Crippen LogP) is 3.69. The molecule has 1 aliphatic rings. The number of hydrogen-bond donors (Lipinski definition) is 2. The van der Waals surface area contributed by atoms with Crippen molar-refractivity contribution in [2.75, 3.05) is 18.4 Å². The number of piperidine rings is 1. The molecular weight excluding hydrogens is 304 g/mol. The number of amides is 2. The van der Waals surface area contributed by atoms with Crippen LogP contribution < -0.4 is 5.32 Å². The Kier molecular flexibility index (Phi) is 5.86. The minimum atomic E-state index is -0.821. The number of anilines is 1. The molecule has 1 fully saturated rings. The summed E-state index contributed by atoms with van der Waals surface area (Å²) in [6.45, 7) is 9.09. The van der Waals surface area contributed by atoms with E-state index in [0.29, 0.717) is 13.0 Å². The lowest BCUT2D eigenvalue weighted by molar-refractivity contribution is -0.143. The zero-order valence-corrected chi connectivity index (χ0v) is 15.1. The summed E-state index contributed by atoms with van der Waals surface area (Å²) in [7, 11) is 0. The maximum atomic E-state index is 12.7. The molecule has 132 valence electrons. The fraction of sp³-hybridized carbons (Fsp3) is 0.579. The smallest absolute Gasteiger partial charge is 0.321 e. The van der Waals surface area contributed by atoms with E-state index >= 15 is 0 Å². The quantitative estimate of drug-likeness (QED) is 0.883. The maximum absolute atomic E-state index is 12.7. The van der Waals surface area contributed by atoms with Crippen molar-refractivity contribution in [3.63, 3.8) is 0 Å². The van der Waals surface area contributed by atoms with Crippen LogP contribution in [0.3, 0.4) is 0 Å². The van der Waals surface area contributed by atoms with Crippen LogP contribution in [0, 0.1) is 18.8 Å². The average molecular weight is 332 g/mol. The minimum absolute atomic E-state index is 0.193. The predicted molar refractivity (Wildman–Crippen MR) is 95.4 cm³/mol. The summed E-state index contributed by atoms with van der Waals surface area (Å²) < 4.78 is 0. The summed E-state index contributed by atoms with van der Waals surface area (Å²) in [6, 6.07) is 4.02. The third-order valence-corrected chi connectivity index (χ3v) is 4.74. The monoisotopic (exact) mass is 332 g/mol. The Bertz CT molecular complexity index is 602. The highest BCUT2D eigenvalue weighted by molar-refractivity contribution is 5.91. The number of carbonyl (C=O) groups excluding carboxylic acids is 1. The molecule has 2 atom stereocenters. The molecule has 1 heterocycles. The number of carboxylic acids is 1. The number of urea groups is 1. The van der Waals surface area contributed by atoms with Gasteiger partial charge in [-0.25, -0.2) is 4.79 Å². The zero-order valence-electron chi connectivity index (χ0n) is 15.1. The van der Waals surface area contributed by atoms with Gasteiger partial charge in [0.05, 0.1) is 5.92 Å².